The van der Waals surface area contributed by atoms with E-state index in [0.29, 0.717) is 5.92 Å². The van der Waals surface area contributed by atoms with E-state index in [9.17, 15) is 0 Å². The molecule has 0 heterocycles. The van der Waals surface area contributed by atoms with Crippen LogP contribution >= 0.6 is 0 Å². The first kappa shape index (κ1) is 9.21. The third kappa shape index (κ3) is 2.21. The van der Waals surface area contributed by atoms with Crippen LogP contribution in [-0.2, 0) is 0 Å². The van der Waals surface area contributed by atoms with Crippen molar-refractivity contribution in [3.8, 4) is 0 Å². The van der Waals surface area contributed by atoms with E-state index in [4.69, 9.17) is 5.73 Å². The lowest BCUT2D eigenvalue weighted by molar-refractivity contribution is 0.798. The maximum absolute atomic E-state index is 5.41. The summed E-state index contributed by atoms with van der Waals surface area (Å²) in [7, 11) is 1.78. The van der Waals surface area contributed by atoms with Crippen LogP contribution in [0.5, 0.6) is 0 Å². The SMILES string of the molecule is CN=C(C)/C(=C\N)C(C)C. The summed E-state index contributed by atoms with van der Waals surface area (Å²) in [6.45, 7) is 6.18. The number of nitrogens with zero attached hydrogens (tertiary/aromatic N) is 1. The largest absolute Gasteiger partial charge is 0.404 e. The van der Waals surface area contributed by atoms with Gasteiger partial charge in [-0.1, -0.05) is 13.8 Å². The molecular weight excluding hydrogens is 124 g/mol. The summed E-state index contributed by atoms with van der Waals surface area (Å²) in [5.41, 5.74) is 7.56. The van der Waals surface area contributed by atoms with Gasteiger partial charge in [0.2, 0.25) is 0 Å². The molecule has 0 aromatic rings. The molecular formula is C8H16N2. The van der Waals surface area contributed by atoms with Crippen LogP contribution in [0.4, 0.5) is 0 Å². The molecule has 0 fully saturated rings. The van der Waals surface area contributed by atoms with E-state index in [-0.39, 0.29) is 0 Å². The van der Waals surface area contributed by atoms with E-state index in [1.54, 1.807) is 13.2 Å². The molecule has 0 atom stereocenters. The lowest BCUT2D eigenvalue weighted by Crippen LogP contribution is -2.06. The predicted octanol–water partition coefficient (Wildman–Crippen LogP) is 1.58. The Morgan fingerprint density at radius 1 is 1.50 bits per heavy atom. The van der Waals surface area contributed by atoms with Crippen molar-refractivity contribution in [3.05, 3.63) is 11.8 Å². The molecule has 0 aromatic carbocycles. The highest BCUT2D eigenvalue weighted by atomic mass is 14.7. The average molecular weight is 140 g/mol. The fourth-order valence-electron chi connectivity index (χ4n) is 0.860. The van der Waals surface area contributed by atoms with Crippen LogP contribution in [0, 0.1) is 5.92 Å². The Morgan fingerprint density at radius 2 is 2.00 bits per heavy atom. The topological polar surface area (TPSA) is 38.4 Å². The molecule has 2 N–H and O–H groups in total. The normalized spacial score (nSPS) is 14.5. The summed E-state index contributed by atoms with van der Waals surface area (Å²) in [6.07, 6.45) is 1.63. The van der Waals surface area contributed by atoms with Crippen molar-refractivity contribution in [2.45, 2.75) is 20.8 Å². The third-order valence-corrected chi connectivity index (χ3v) is 1.55. The van der Waals surface area contributed by atoms with Crippen molar-refractivity contribution >= 4 is 5.71 Å². The molecule has 0 rings (SSSR count). The molecule has 0 bridgehead atoms. The third-order valence-electron chi connectivity index (χ3n) is 1.55. The van der Waals surface area contributed by atoms with Crippen molar-refractivity contribution < 1.29 is 0 Å². The van der Waals surface area contributed by atoms with E-state index in [1.807, 2.05) is 6.92 Å². The van der Waals surface area contributed by atoms with Gasteiger partial charge in [-0.3, -0.25) is 4.99 Å². The Hall–Kier alpha value is -0.790. The minimum absolute atomic E-state index is 0.466. The van der Waals surface area contributed by atoms with E-state index >= 15 is 0 Å². The van der Waals surface area contributed by atoms with Gasteiger partial charge in [-0.25, -0.2) is 0 Å². The summed E-state index contributed by atoms with van der Waals surface area (Å²) in [5, 5.41) is 0. The number of hydrogen-bond donors (Lipinski definition) is 1. The molecule has 0 aliphatic heterocycles. The second-order valence-electron chi connectivity index (χ2n) is 2.59. The van der Waals surface area contributed by atoms with Gasteiger partial charge in [-0.2, -0.15) is 0 Å². The van der Waals surface area contributed by atoms with Crippen LogP contribution in [0.25, 0.3) is 0 Å². The van der Waals surface area contributed by atoms with Gasteiger partial charge < -0.3 is 5.73 Å². The molecule has 2 heteroatoms. The van der Waals surface area contributed by atoms with Gasteiger partial charge in [-0.05, 0) is 24.6 Å². The molecule has 2 nitrogen and oxygen atoms in total. The Bertz CT molecular complexity index is 155. The second kappa shape index (κ2) is 4.09. The monoisotopic (exact) mass is 140 g/mol. The van der Waals surface area contributed by atoms with Crippen LogP contribution in [0.3, 0.4) is 0 Å². The molecule has 0 aliphatic rings. The fraction of sp³-hybridized carbons (Fsp3) is 0.625. The second-order valence-corrected chi connectivity index (χ2v) is 2.59. The maximum atomic E-state index is 5.41. The Labute approximate surface area is 62.8 Å². The molecule has 0 unspecified atom stereocenters. The summed E-state index contributed by atoms with van der Waals surface area (Å²) >= 11 is 0. The number of aliphatic imine (C=N–C) groups is 1. The zero-order valence-corrected chi connectivity index (χ0v) is 7.18. The van der Waals surface area contributed by atoms with Gasteiger partial charge in [0.25, 0.3) is 0 Å². The first-order valence-electron chi connectivity index (χ1n) is 3.49. The van der Waals surface area contributed by atoms with Crippen molar-refractivity contribution in [1.29, 1.82) is 0 Å². The van der Waals surface area contributed by atoms with Crippen LogP contribution in [0.15, 0.2) is 16.8 Å². The zero-order valence-electron chi connectivity index (χ0n) is 7.18. The van der Waals surface area contributed by atoms with Crippen molar-refractivity contribution in [2.24, 2.45) is 16.6 Å². The van der Waals surface area contributed by atoms with Crippen molar-refractivity contribution in [2.75, 3.05) is 7.05 Å². The van der Waals surface area contributed by atoms with Gasteiger partial charge in [0.15, 0.2) is 0 Å². The minimum atomic E-state index is 0.466. The first-order chi connectivity index (χ1) is 4.63. The Kier molecular flexibility index (Phi) is 3.77. The highest BCUT2D eigenvalue weighted by molar-refractivity contribution is 5.98. The number of rotatable bonds is 2. The molecule has 0 radical (unpaired) electrons. The molecule has 0 aromatic heterocycles. The van der Waals surface area contributed by atoms with Crippen molar-refractivity contribution in [1.82, 2.24) is 0 Å². The lowest BCUT2D eigenvalue weighted by atomic mass is 10.0. The number of nitrogens with two attached hydrogens (primary N) is 1. The van der Waals surface area contributed by atoms with Gasteiger partial charge in [0.05, 0.1) is 0 Å². The van der Waals surface area contributed by atoms with Crippen LogP contribution < -0.4 is 5.73 Å². The minimum Gasteiger partial charge on any atom is -0.404 e. The molecule has 58 valence electrons. The quantitative estimate of drug-likeness (QED) is 0.581. The highest BCUT2D eigenvalue weighted by Gasteiger charge is 2.03. The standard InChI is InChI=1S/C8H16N2/c1-6(2)8(5-9)7(3)10-4/h5-6H,9H2,1-4H3/b8-5-,10-7?. The summed E-state index contributed by atoms with van der Waals surface area (Å²) in [4.78, 5) is 4.05. The molecule has 0 saturated carbocycles. The summed E-state index contributed by atoms with van der Waals surface area (Å²) < 4.78 is 0. The van der Waals surface area contributed by atoms with Crippen LogP contribution in [-0.4, -0.2) is 12.8 Å². The first-order valence-corrected chi connectivity index (χ1v) is 3.49. The van der Waals surface area contributed by atoms with Gasteiger partial charge in [-0.15, -0.1) is 0 Å². The summed E-state index contributed by atoms with van der Waals surface area (Å²) in [6, 6.07) is 0. The van der Waals surface area contributed by atoms with E-state index in [2.05, 4.69) is 18.8 Å². The molecule has 0 aliphatic carbocycles. The Balaban J connectivity index is 4.39. The Morgan fingerprint density at radius 3 is 2.10 bits per heavy atom. The van der Waals surface area contributed by atoms with E-state index < -0.39 is 0 Å². The smallest absolute Gasteiger partial charge is 0.0362 e. The molecule has 0 spiro atoms. The molecule has 0 amide bonds. The fourth-order valence-corrected chi connectivity index (χ4v) is 0.860. The molecule has 0 saturated heterocycles. The number of hydrogen-bond acceptors (Lipinski definition) is 2. The van der Waals surface area contributed by atoms with Gasteiger partial charge >= 0.3 is 0 Å². The van der Waals surface area contributed by atoms with Crippen LogP contribution in [0.2, 0.25) is 0 Å². The van der Waals surface area contributed by atoms with Gasteiger partial charge in [0.1, 0.15) is 0 Å². The zero-order chi connectivity index (χ0) is 8.15. The highest BCUT2D eigenvalue weighted by Crippen LogP contribution is 2.09. The van der Waals surface area contributed by atoms with Crippen LogP contribution in [0.1, 0.15) is 20.8 Å². The maximum Gasteiger partial charge on any atom is 0.0362 e. The summed E-state index contributed by atoms with van der Waals surface area (Å²) in [5.74, 6) is 0.466. The van der Waals surface area contributed by atoms with E-state index in [1.165, 1.54) is 0 Å². The number of allylic oxidation sites excluding steroid dienone is 1. The predicted molar refractivity (Wildman–Crippen MR) is 46.1 cm³/mol. The van der Waals surface area contributed by atoms with Gasteiger partial charge in [0, 0.05) is 12.8 Å². The van der Waals surface area contributed by atoms with Crippen molar-refractivity contribution in [3.63, 3.8) is 0 Å². The van der Waals surface area contributed by atoms with E-state index in [0.717, 1.165) is 11.3 Å². The average Bonchev–Trinajstić information content (AvgIpc) is 1.88. The molecule has 10 heavy (non-hydrogen) atoms. The lowest BCUT2D eigenvalue weighted by Gasteiger charge is -2.08.